The van der Waals surface area contributed by atoms with Crippen LogP contribution in [0.25, 0.3) is 0 Å². The minimum Gasteiger partial charge on any atom is -0.356 e. The molecule has 0 aliphatic carbocycles. The Bertz CT molecular complexity index is 1250. The SMILES string of the molecule is CCC(C)NC(=O)c1cccc(CSc2nc(Cl)cc(N3CCC(C(C)=O)(c4ccccc4)CC3)n2)c1. The van der Waals surface area contributed by atoms with Crippen LogP contribution in [0.5, 0.6) is 0 Å². The van der Waals surface area contributed by atoms with E-state index in [1.807, 2.05) is 56.3 Å². The van der Waals surface area contributed by atoms with E-state index in [2.05, 4.69) is 27.3 Å². The highest BCUT2D eigenvalue weighted by atomic mass is 35.5. The molecule has 1 amide bonds. The van der Waals surface area contributed by atoms with Crippen molar-refractivity contribution in [2.45, 2.75) is 62.4 Å². The molecule has 2 heterocycles. The fraction of sp³-hybridized carbons (Fsp3) is 0.379. The molecule has 194 valence electrons. The summed E-state index contributed by atoms with van der Waals surface area (Å²) in [7, 11) is 0. The third-order valence-electron chi connectivity index (χ3n) is 7.15. The van der Waals surface area contributed by atoms with Crippen LogP contribution in [0.3, 0.4) is 0 Å². The lowest BCUT2D eigenvalue weighted by Crippen LogP contribution is -2.47. The van der Waals surface area contributed by atoms with Gasteiger partial charge in [0.15, 0.2) is 5.16 Å². The van der Waals surface area contributed by atoms with Gasteiger partial charge in [-0.05, 0) is 56.4 Å². The van der Waals surface area contributed by atoms with Crippen LogP contribution in [-0.2, 0) is 16.0 Å². The van der Waals surface area contributed by atoms with Crippen LogP contribution in [0, 0.1) is 0 Å². The lowest BCUT2D eigenvalue weighted by molar-refractivity contribution is -0.123. The number of anilines is 1. The predicted molar refractivity (Wildman–Crippen MR) is 151 cm³/mol. The number of aromatic nitrogens is 2. The van der Waals surface area contributed by atoms with Crippen LogP contribution in [0.15, 0.2) is 65.8 Å². The van der Waals surface area contributed by atoms with Gasteiger partial charge in [-0.15, -0.1) is 0 Å². The first-order chi connectivity index (χ1) is 17.8. The van der Waals surface area contributed by atoms with Gasteiger partial charge in [0, 0.05) is 36.5 Å². The molecule has 4 rings (SSSR count). The van der Waals surface area contributed by atoms with Crippen molar-refractivity contribution in [3.63, 3.8) is 0 Å². The molecule has 0 radical (unpaired) electrons. The molecule has 1 aromatic heterocycles. The van der Waals surface area contributed by atoms with Gasteiger partial charge in [-0.3, -0.25) is 9.59 Å². The second-order valence-electron chi connectivity index (χ2n) is 9.59. The van der Waals surface area contributed by atoms with Crippen LogP contribution in [0.2, 0.25) is 5.15 Å². The van der Waals surface area contributed by atoms with Crippen LogP contribution in [0.1, 0.15) is 61.5 Å². The van der Waals surface area contributed by atoms with Crippen LogP contribution in [-0.4, -0.2) is 40.8 Å². The fourth-order valence-electron chi connectivity index (χ4n) is 4.69. The molecule has 37 heavy (non-hydrogen) atoms. The summed E-state index contributed by atoms with van der Waals surface area (Å²) < 4.78 is 0. The maximum atomic E-state index is 12.7. The van der Waals surface area contributed by atoms with E-state index in [-0.39, 0.29) is 17.7 Å². The van der Waals surface area contributed by atoms with Gasteiger partial charge in [0.25, 0.3) is 5.91 Å². The van der Waals surface area contributed by atoms with Gasteiger partial charge in [-0.2, -0.15) is 0 Å². The van der Waals surface area contributed by atoms with E-state index in [1.165, 1.54) is 11.8 Å². The minimum atomic E-state index is -0.460. The number of ketones is 1. The Balaban J connectivity index is 1.43. The third kappa shape index (κ3) is 6.51. The summed E-state index contributed by atoms with van der Waals surface area (Å²) in [6, 6.07) is 19.6. The second kappa shape index (κ2) is 12.1. The van der Waals surface area contributed by atoms with Gasteiger partial charge >= 0.3 is 0 Å². The normalized spacial score (nSPS) is 15.7. The van der Waals surface area contributed by atoms with Gasteiger partial charge < -0.3 is 10.2 Å². The van der Waals surface area contributed by atoms with Crippen molar-refractivity contribution in [1.82, 2.24) is 15.3 Å². The van der Waals surface area contributed by atoms with E-state index in [9.17, 15) is 9.59 Å². The number of halogens is 1. The van der Waals surface area contributed by atoms with Crippen molar-refractivity contribution in [1.29, 1.82) is 0 Å². The van der Waals surface area contributed by atoms with Gasteiger partial charge in [0.1, 0.15) is 16.8 Å². The Morgan fingerprint density at radius 2 is 1.81 bits per heavy atom. The number of carbonyl (C=O) groups excluding carboxylic acids is 2. The van der Waals surface area contributed by atoms with E-state index >= 15 is 0 Å². The standard InChI is InChI=1S/C29H33ClN4O2S/c1-4-20(2)31-27(36)23-10-8-9-22(17-23)19-37-28-32-25(30)18-26(33-28)34-15-13-29(14-16-34,21(3)35)24-11-6-5-7-12-24/h5-12,17-18,20H,4,13-16,19H2,1-3H3,(H,31,36). The van der Waals surface area contributed by atoms with Crippen molar-refractivity contribution >= 4 is 40.9 Å². The Morgan fingerprint density at radius 3 is 2.49 bits per heavy atom. The first-order valence-electron chi connectivity index (χ1n) is 12.7. The molecule has 6 nitrogen and oxygen atoms in total. The van der Waals surface area contributed by atoms with E-state index in [0.717, 1.165) is 36.2 Å². The van der Waals surface area contributed by atoms with Gasteiger partial charge in [0.2, 0.25) is 0 Å². The molecule has 1 unspecified atom stereocenters. The number of nitrogens with one attached hydrogen (secondary N) is 1. The number of hydrogen-bond acceptors (Lipinski definition) is 6. The van der Waals surface area contributed by atoms with Crippen molar-refractivity contribution in [2.24, 2.45) is 0 Å². The van der Waals surface area contributed by atoms with Gasteiger partial charge in [0.05, 0.1) is 5.41 Å². The number of rotatable bonds is 9. The van der Waals surface area contributed by atoms with Crippen molar-refractivity contribution in [3.8, 4) is 0 Å². The number of carbonyl (C=O) groups is 2. The van der Waals surface area contributed by atoms with E-state index in [1.54, 1.807) is 13.0 Å². The highest BCUT2D eigenvalue weighted by Crippen LogP contribution is 2.38. The number of nitrogens with zero attached hydrogens (tertiary/aromatic N) is 3. The van der Waals surface area contributed by atoms with E-state index < -0.39 is 5.41 Å². The molecule has 2 aromatic carbocycles. The monoisotopic (exact) mass is 536 g/mol. The molecule has 0 spiro atoms. The third-order valence-corrected chi connectivity index (χ3v) is 8.26. The van der Waals surface area contributed by atoms with Gasteiger partial charge in [-0.1, -0.05) is 72.8 Å². The van der Waals surface area contributed by atoms with E-state index in [0.29, 0.717) is 34.7 Å². The maximum Gasteiger partial charge on any atom is 0.251 e. The number of amides is 1. The molecule has 1 N–H and O–H groups in total. The molecule has 1 aliphatic rings. The highest BCUT2D eigenvalue weighted by Gasteiger charge is 2.40. The summed E-state index contributed by atoms with van der Waals surface area (Å²) in [4.78, 5) is 36.6. The summed E-state index contributed by atoms with van der Waals surface area (Å²) >= 11 is 7.87. The summed E-state index contributed by atoms with van der Waals surface area (Å²) in [6.07, 6.45) is 2.33. The number of piperidine rings is 1. The summed E-state index contributed by atoms with van der Waals surface area (Å²) in [5.41, 5.74) is 2.28. The van der Waals surface area contributed by atoms with Crippen LogP contribution in [0.4, 0.5) is 5.82 Å². The molecule has 3 aromatic rings. The molecule has 1 atom stereocenters. The average molecular weight is 537 g/mol. The molecule has 8 heteroatoms. The van der Waals surface area contributed by atoms with Crippen molar-refractivity contribution in [3.05, 3.63) is 82.5 Å². The molecular weight excluding hydrogens is 504 g/mol. The summed E-state index contributed by atoms with van der Waals surface area (Å²) in [5, 5.41) is 3.98. The first-order valence-corrected chi connectivity index (χ1v) is 14.1. The van der Waals surface area contributed by atoms with E-state index in [4.69, 9.17) is 16.6 Å². The Hall–Kier alpha value is -2.90. The number of hydrogen-bond donors (Lipinski definition) is 1. The van der Waals surface area contributed by atoms with Crippen LogP contribution < -0.4 is 10.2 Å². The first kappa shape index (κ1) is 27.1. The summed E-state index contributed by atoms with van der Waals surface area (Å²) in [6.45, 7) is 7.15. The fourth-order valence-corrected chi connectivity index (χ4v) is 5.71. The Morgan fingerprint density at radius 1 is 1.08 bits per heavy atom. The van der Waals surface area contributed by atoms with Gasteiger partial charge in [-0.25, -0.2) is 9.97 Å². The number of Topliss-reactive ketones (excluding diaryl/α,β-unsaturated/α-hetero) is 1. The number of benzene rings is 2. The average Bonchev–Trinajstić information content (AvgIpc) is 2.92. The largest absolute Gasteiger partial charge is 0.356 e. The zero-order chi connectivity index (χ0) is 26.4. The predicted octanol–water partition coefficient (Wildman–Crippen LogP) is 6.08. The molecule has 0 saturated carbocycles. The van der Waals surface area contributed by atoms with Crippen molar-refractivity contribution in [2.75, 3.05) is 18.0 Å². The molecule has 1 saturated heterocycles. The zero-order valence-corrected chi connectivity index (χ0v) is 23.1. The smallest absolute Gasteiger partial charge is 0.251 e. The second-order valence-corrected chi connectivity index (χ2v) is 10.9. The Labute approximate surface area is 228 Å². The molecule has 0 bridgehead atoms. The quantitative estimate of drug-likeness (QED) is 0.203. The van der Waals surface area contributed by atoms with Crippen molar-refractivity contribution < 1.29 is 9.59 Å². The maximum absolute atomic E-state index is 12.7. The lowest BCUT2D eigenvalue weighted by Gasteiger charge is -2.41. The molecule has 1 aliphatic heterocycles. The minimum absolute atomic E-state index is 0.0651. The summed E-state index contributed by atoms with van der Waals surface area (Å²) in [5.74, 6) is 1.53. The van der Waals surface area contributed by atoms with Crippen LogP contribution >= 0.6 is 23.4 Å². The number of thioether (sulfide) groups is 1. The zero-order valence-electron chi connectivity index (χ0n) is 21.5. The lowest BCUT2D eigenvalue weighted by atomic mass is 9.70. The highest BCUT2D eigenvalue weighted by molar-refractivity contribution is 7.98. The molecular formula is C29H33ClN4O2S. The Kier molecular flexibility index (Phi) is 8.87. The molecule has 1 fully saturated rings. The topological polar surface area (TPSA) is 75.2 Å².